The van der Waals surface area contributed by atoms with Crippen LogP contribution in [0.1, 0.15) is 64.7 Å². The summed E-state index contributed by atoms with van der Waals surface area (Å²) in [5.74, 6) is -0.342. The van der Waals surface area contributed by atoms with Gasteiger partial charge >= 0.3 is 5.97 Å². The number of rotatable bonds is 4. The number of ether oxygens (including phenoxy) is 1. The summed E-state index contributed by atoms with van der Waals surface area (Å²) in [5.41, 5.74) is 0. The smallest absolute Gasteiger partial charge is 0.314 e. The summed E-state index contributed by atoms with van der Waals surface area (Å²) < 4.78 is 31.2. The lowest BCUT2D eigenvalue weighted by atomic mass is 9.69. The lowest BCUT2D eigenvalue weighted by Crippen LogP contribution is -2.30. The topological polar surface area (TPSA) is 39.2 Å². The molecular formula is C20H27F2NO2. The van der Waals surface area contributed by atoms with Gasteiger partial charge in [-0.25, -0.2) is 9.37 Å². The number of pyridine rings is 1. The molecule has 138 valence electrons. The van der Waals surface area contributed by atoms with Crippen molar-refractivity contribution in [2.45, 2.75) is 64.7 Å². The molecule has 2 aliphatic rings. The molecule has 2 aliphatic carbocycles. The lowest BCUT2D eigenvalue weighted by Gasteiger charge is -2.37. The van der Waals surface area contributed by atoms with Crippen LogP contribution in [0.4, 0.5) is 8.78 Å². The Morgan fingerprint density at radius 3 is 2.24 bits per heavy atom. The number of aromatic nitrogens is 1. The Labute approximate surface area is 148 Å². The van der Waals surface area contributed by atoms with Gasteiger partial charge in [-0.3, -0.25) is 4.79 Å². The van der Waals surface area contributed by atoms with E-state index >= 15 is 0 Å². The highest BCUT2D eigenvalue weighted by Gasteiger charge is 2.33. The van der Waals surface area contributed by atoms with E-state index < -0.39 is 11.8 Å². The van der Waals surface area contributed by atoms with E-state index in [0.29, 0.717) is 0 Å². The minimum atomic E-state index is -1.18. The van der Waals surface area contributed by atoms with E-state index in [2.05, 4.69) is 11.9 Å². The number of nitrogens with zero attached hydrogens (tertiary/aromatic N) is 1. The zero-order valence-corrected chi connectivity index (χ0v) is 14.8. The molecule has 0 atom stereocenters. The zero-order valence-electron chi connectivity index (χ0n) is 14.8. The van der Waals surface area contributed by atoms with Crippen LogP contribution in [0, 0.1) is 35.4 Å². The summed E-state index contributed by atoms with van der Waals surface area (Å²) in [6.45, 7) is 2.28. The minimum absolute atomic E-state index is 0.0242. The van der Waals surface area contributed by atoms with Crippen LogP contribution in [0.2, 0.25) is 0 Å². The average molecular weight is 351 g/mol. The van der Waals surface area contributed by atoms with E-state index in [1.54, 1.807) is 0 Å². The van der Waals surface area contributed by atoms with Crippen molar-refractivity contribution in [1.29, 1.82) is 0 Å². The molecule has 0 saturated heterocycles. The third-order valence-corrected chi connectivity index (χ3v) is 6.23. The van der Waals surface area contributed by atoms with Gasteiger partial charge in [-0.1, -0.05) is 26.2 Å². The first-order valence-corrected chi connectivity index (χ1v) is 9.59. The summed E-state index contributed by atoms with van der Waals surface area (Å²) in [7, 11) is 0. The van der Waals surface area contributed by atoms with Gasteiger partial charge in [0, 0.05) is 6.07 Å². The fourth-order valence-electron chi connectivity index (χ4n) is 4.55. The predicted molar refractivity (Wildman–Crippen MR) is 91.0 cm³/mol. The number of carbonyl (C=O) groups is 1. The second-order valence-electron chi connectivity index (χ2n) is 7.67. The van der Waals surface area contributed by atoms with Crippen molar-refractivity contribution in [3.8, 4) is 5.75 Å². The number of hydrogen-bond donors (Lipinski definition) is 0. The van der Waals surface area contributed by atoms with Crippen molar-refractivity contribution < 1.29 is 18.3 Å². The van der Waals surface area contributed by atoms with Gasteiger partial charge in [0.25, 0.3) is 0 Å². The van der Waals surface area contributed by atoms with Gasteiger partial charge in [0.1, 0.15) is 0 Å². The monoisotopic (exact) mass is 351 g/mol. The van der Waals surface area contributed by atoms with Gasteiger partial charge in [-0.2, -0.15) is 4.39 Å². The Morgan fingerprint density at radius 1 is 1.08 bits per heavy atom. The van der Waals surface area contributed by atoms with Crippen LogP contribution in [0.5, 0.6) is 5.75 Å². The maximum atomic E-state index is 13.2. The minimum Gasteiger partial charge on any atom is -0.425 e. The van der Waals surface area contributed by atoms with Crippen LogP contribution in [0.25, 0.3) is 0 Å². The molecule has 1 heterocycles. The van der Waals surface area contributed by atoms with E-state index in [1.807, 2.05) is 0 Å². The van der Waals surface area contributed by atoms with Crippen LogP contribution in [0.15, 0.2) is 12.3 Å². The van der Waals surface area contributed by atoms with E-state index in [4.69, 9.17) is 4.74 Å². The summed E-state index contributed by atoms with van der Waals surface area (Å²) in [4.78, 5) is 15.5. The van der Waals surface area contributed by atoms with Crippen molar-refractivity contribution >= 4 is 5.97 Å². The molecule has 1 aromatic heterocycles. The van der Waals surface area contributed by atoms with E-state index in [0.717, 1.165) is 55.7 Å². The molecule has 2 saturated carbocycles. The molecule has 1 aromatic rings. The molecule has 5 heteroatoms. The second kappa shape index (κ2) is 8.24. The summed E-state index contributed by atoms with van der Waals surface area (Å²) in [6.07, 6.45) is 11.5. The molecule has 3 nitrogen and oxygen atoms in total. The van der Waals surface area contributed by atoms with Crippen LogP contribution >= 0.6 is 0 Å². The molecule has 0 N–H and O–H groups in total. The van der Waals surface area contributed by atoms with Crippen molar-refractivity contribution in [2.75, 3.05) is 0 Å². The van der Waals surface area contributed by atoms with Crippen molar-refractivity contribution in [1.82, 2.24) is 4.98 Å². The lowest BCUT2D eigenvalue weighted by molar-refractivity contribution is -0.140. The number of esters is 1. The van der Waals surface area contributed by atoms with Crippen LogP contribution in [-0.4, -0.2) is 11.0 Å². The second-order valence-corrected chi connectivity index (χ2v) is 7.67. The van der Waals surface area contributed by atoms with Crippen LogP contribution < -0.4 is 4.74 Å². The molecule has 0 spiro atoms. The number of hydrogen-bond acceptors (Lipinski definition) is 3. The maximum absolute atomic E-state index is 13.2. The molecule has 3 rings (SSSR count). The van der Waals surface area contributed by atoms with Gasteiger partial charge in [-0.15, -0.1) is 0 Å². The van der Waals surface area contributed by atoms with Gasteiger partial charge in [-0.05, 0) is 56.3 Å². The Morgan fingerprint density at radius 2 is 1.68 bits per heavy atom. The molecule has 0 aromatic carbocycles. The third-order valence-electron chi connectivity index (χ3n) is 6.23. The Bertz CT molecular complexity index is 591. The maximum Gasteiger partial charge on any atom is 0.314 e. The molecule has 0 amide bonds. The molecule has 0 radical (unpaired) electrons. The molecule has 0 unspecified atom stereocenters. The largest absolute Gasteiger partial charge is 0.425 e. The van der Waals surface area contributed by atoms with E-state index in [-0.39, 0.29) is 17.6 Å². The summed E-state index contributed by atoms with van der Waals surface area (Å²) in [5, 5.41) is 0. The first-order chi connectivity index (χ1) is 12.1. The van der Waals surface area contributed by atoms with Gasteiger partial charge < -0.3 is 4.74 Å². The summed E-state index contributed by atoms with van der Waals surface area (Å²) in [6, 6.07) is 0.873. The molecule has 2 fully saturated rings. The van der Waals surface area contributed by atoms with Crippen molar-refractivity contribution in [2.24, 2.45) is 23.7 Å². The van der Waals surface area contributed by atoms with E-state index in [9.17, 15) is 13.6 Å². The normalized spacial score (nSPS) is 30.0. The van der Waals surface area contributed by atoms with Gasteiger partial charge in [0.05, 0.1) is 12.1 Å². The van der Waals surface area contributed by atoms with Crippen molar-refractivity contribution in [3.63, 3.8) is 0 Å². The zero-order chi connectivity index (χ0) is 17.8. The Balaban J connectivity index is 1.47. The SMILES string of the molecule is CC[C@H]1CC[C@H]([C@H]2CC[C@H](C(=O)Oc3cnc(F)c(F)c3)CC2)CC1. The fraction of sp³-hybridized carbons (Fsp3) is 0.700. The first kappa shape index (κ1) is 18.3. The highest BCUT2D eigenvalue weighted by atomic mass is 19.2. The highest BCUT2D eigenvalue weighted by Crippen LogP contribution is 2.42. The van der Waals surface area contributed by atoms with Crippen molar-refractivity contribution in [3.05, 3.63) is 24.0 Å². The predicted octanol–water partition coefficient (Wildman–Crippen LogP) is 5.29. The standard InChI is InChI=1S/C20H27F2NO2/c1-2-13-3-5-14(6-4-13)15-7-9-16(10-8-15)20(24)25-17-11-18(21)19(22)23-12-17/h11-16H,2-10H2,1H3/t13-,14-,15-,16-. The molecular weight excluding hydrogens is 324 g/mol. The molecule has 0 aliphatic heterocycles. The number of halogens is 2. The molecule has 25 heavy (non-hydrogen) atoms. The molecule has 0 bridgehead atoms. The van der Waals surface area contributed by atoms with Crippen LogP contribution in [0.3, 0.4) is 0 Å². The first-order valence-electron chi connectivity index (χ1n) is 9.59. The van der Waals surface area contributed by atoms with Gasteiger partial charge in [0.15, 0.2) is 11.6 Å². The Hall–Kier alpha value is -1.52. The van der Waals surface area contributed by atoms with Gasteiger partial charge in [0.2, 0.25) is 5.95 Å². The Kier molecular flexibility index (Phi) is 6.02. The summed E-state index contributed by atoms with van der Waals surface area (Å²) >= 11 is 0. The quantitative estimate of drug-likeness (QED) is 0.547. The average Bonchev–Trinajstić information content (AvgIpc) is 2.65. The fourth-order valence-corrected chi connectivity index (χ4v) is 4.55. The highest BCUT2D eigenvalue weighted by molar-refractivity contribution is 5.75. The third kappa shape index (κ3) is 4.56. The van der Waals surface area contributed by atoms with E-state index in [1.165, 1.54) is 32.1 Å². The van der Waals surface area contributed by atoms with Crippen LogP contribution in [-0.2, 0) is 4.79 Å². The number of carbonyl (C=O) groups excluding carboxylic acids is 1.